The molecule has 0 saturated heterocycles. The molecule has 1 aliphatic carbocycles. The third-order valence-electron chi connectivity index (χ3n) is 6.65. The molecule has 3 aromatic carbocycles. The monoisotopic (exact) mass is 402 g/mol. The fourth-order valence-electron chi connectivity index (χ4n) is 5.01. The SMILES string of the molecule is COc1ccc(C(=O)NC(c2ccccc2)C2(N(C)C)CCCC2)c2ccccc12. The third kappa shape index (κ3) is 3.56. The Balaban J connectivity index is 1.76. The molecule has 1 amide bonds. The van der Waals surface area contributed by atoms with E-state index in [4.69, 9.17) is 4.74 Å². The van der Waals surface area contributed by atoms with Gasteiger partial charge in [0, 0.05) is 16.5 Å². The Labute approximate surface area is 178 Å². The van der Waals surface area contributed by atoms with E-state index in [9.17, 15) is 4.79 Å². The van der Waals surface area contributed by atoms with Crippen molar-refractivity contribution >= 4 is 16.7 Å². The van der Waals surface area contributed by atoms with E-state index in [0.29, 0.717) is 5.56 Å². The van der Waals surface area contributed by atoms with Gasteiger partial charge in [-0.3, -0.25) is 4.79 Å². The summed E-state index contributed by atoms with van der Waals surface area (Å²) in [7, 11) is 5.93. The molecule has 30 heavy (non-hydrogen) atoms. The number of hydrogen-bond acceptors (Lipinski definition) is 3. The van der Waals surface area contributed by atoms with Gasteiger partial charge in [-0.25, -0.2) is 0 Å². The zero-order valence-electron chi connectivity index (χ0n) is 18.0. The molecule has 1 unspecified atom stereocenters. The summed E-state index contributed by atoms with van der Waals surface area (Å²) < 4.78 is 5.50. The lowest BCUT2D eigenvalue weighted by Gasteiger charge is -2.44. The number of methoxy groups -OCH3 is 1. The van der Waals surface area contributed by atoms with Gasteiger partial charge in [0.05, 0.1) is 13.2 Å². The maximum absolute atomic E-state index is 13.6. The Morgan fingerprint density at radius 3 is 2.20 bits per heavy atom. The Bertz CT molecular complexity index is 1020. The van der Waals surface area contributed by atoms with E-state index in [1.807, 2.05) is 42.5 Å². The summed E-state index contributed by atoms with van der Waals surface area (Å²) in [5.41, 5.74) is 1.75. The number of carbonyl (C=O) groups excluding carboxylic acids is 1. The number of carbonyl (C=O) groups is 1. The second-order valence-corrected chi connectivity index (χ2v) is 8.38. The van der Waals surface area contributed by atoms with Crippen molar-refractivity contribution in [2.24, 2.45) is 0 Å². The molecule has 0 aromatic heterocycles. The molecule has 4 heteroatoms. The zero-order valence-corrected chi connectivity index (χ0v) is 18.0. The first-order chi connectivity index (χ1) is 14.6. The van der Waals surface area contributed by atoms with E-state index in [-0.39, 0.29) is 17.5 Å². The maximum Gasteiger partial charge on any atom is 0.252 e. The molecule has 4 rings (SSSR count). The normalized spacial score (nSPS) is 16.5. The highest BCUT2D eigenvalue weighted by atomic mass is 16.5. The van der Waals surface area contributed by atoms with Gasteiger partial charge in [-0.05, 0) is 50.0 Å². The highest BCUT2D eigenvalue weighted by molar-refractivity contribution is 6.08. The minimum atomic E-state index is -0.0840. The lowest BCUT2D eigenvalue weighted by atomic mass is 9.82. The number of nitrogens with zero attached hydrogens (tertiary/aromatic N) is 1. The minimum Gasteiger partial charge on any atom is -0.496 e. The second kappa shape index (κ2) is 8.49. The lowest BCUT2D eigenvalue weighted by molar-refractivity contribution is 0.0767. The number of hydrogen-bond donors (Lipinski definition) is 1. The van der Waals surface area contributed by atoms with Crippen LogP contribution in [0.4, 0.5) is 0 Å². The van der Waals surface area contributed by atoms with Crippen molar-refractivity contribution in [3.8, 4) is 5.75 Å². The summed E-state index contributed by atoms with van der Waals surface area (Å²) in [4.78, 5) is 15.9. The van der Waals surface area contributed by atoms with Crippen LogP contribution in [-0.2, 0) is 0 Å². The summed E-state index contributed by atoms with van der Waals surface area (Å²) in [6.45, 7) is 0. The van der Waals surface area contributed by atoms with E-state index in [1.165, 1.54) is 12.8 Å². The van der Waals surface area contributed by atoms with Gasteiger partial charge in [-0.2, -0.15) is 0 Å². The number of ether oxygens (including phenoxy) is 1. The first-order valence-corrected chi connectivity index (χ1v) is 10.7. The summed E-state index contributed by atoms with van der Waals surface area (Å²) in [6, 6.07) is 22.0. The number of likely N-dealkylation sites (N-methyl/N-ethyl adjacent to an activating group) is 1. The number of benzene rings is 3. The fraction of sp³-hybridized carbons (Fsp3) is 0.346. The molecule has 1 fully saturated rings. The number of nitrogens with one attached hydrogen (secondary N) is 1. The summed E-state index contributed by atoms with van der Waals surface area (Å²) in [5, 5.41) is 5.28. The van der Waals surface area contributed by atoms with Crippen LogP contribution in [0.25, 0.3) is 10.8 Å². The predicted molar refractivity (Wildman–Crippen MR) is 122 cm³/mol. The molecule has 1 N–H and O–H groups in total. The molecule has 1 aliphatic rings. The topological polar surface area (TPSA) is 41.6 Å². The van der Waals surface area contributed by atoms with Crippen LogP contribution in [-0.4, -0.2) is 37.6 Å². The molecule has 0 aliphatic heterocycles. The van der Waals surface area contributed by atoms with Crippen molar-refractivity contribution in [3.05, 3.63) is 77.9 Å². The van der Waals surface area contributed by atoms with Gasteiger partial charge in [0.1, 0.15) is 5.75 Å². The molecule has 3 aromatic rings. The van der Waals surface area contributed by atoms with Crippen molar-refractivity contribution in [2.45, 2.75) is 37.3 Å². The first-order valence-electron chi connectivity index (χ1n) is 10.7. The lowest BCUT2D eigenvalue weighted by Crippen LogP contribution is -2.53. The molecular weight excluding hydrogens is 372 g/mol. The molecule has 0 spiro atoms. The van der Waals surface area contributed by atoms with Gasteiger partial charge < -0.3 is 15.0 Å². The molecule has 0 heterocycles. The van der Waals surface area contributed by atoms with E-state index >= 15 is 0 Å². The Kier molecular flexibility index (Phi) is 5.78. The molecule has 1 atom stereocenters. The highest BCUT2D eigenvalue weighted by Gasteiger charge is 2.44. The smallest absolute Gasteiger partial charge is 0.252 e. The average Bonchev–Trinajstić information content (AvgIpc) is 3.28. The van der Waals surface area contributed by atoms with Gasteiger partial charge in [-0.15, -0.1) is 0 Å². The van der Waals surface area contributed by atoms with Crippen molar-refractivity contribution in [1.29, 1.82) is 0 Å². The quantitative estimate of drug-likeness (QED) is 0.617. The van der Waals surface area contributed by atoms with Gasteiger partial charge in [0.2, 0.25) is 0 Å². The van der Waals surface area contributed by atoms with Crippen molar-refractivity contribution < 1.29 is 9.53 Å². The van der Waals surface area contributed by atoms with E-state index in [0.717, 1.165) is 34.9 Å². The van der Waals surface area contributed by atoms with Gasteiger partial charge >= 0.3 is 0 Å². The second-order valence-electron chi connectivity index (χ2n) is 8.38. The number of amides is 1. The zero-order chi connectivity index (χ0) is 21.1. The highest BCUT2D eigenvalue weighted by Crippen LogP contribution is 2.43. The largest absolute Gasteiger partial charge is 0.496 e. The molecule has 1 saturated carbocycles. The molecule has 156 valence electrons. The van der Waals surface area contributed by atoms with Crippen LogP contribution < -0.4 is 10.1 Å². The van der Waals surface area contributed by atoms with Crippen LogP contribution in [0.2, 0.25) is 0 Å². The van der Waals surface area contributed by atoms with Gasteiger partial charge in [0.15, 0.2) is 0 Å². The maximum atomic E-state index is 13.6. The molecular formula is C26H30N2O2. The molecule has 0 bridgehead atoms. The van der Waals surface area contributed by atoms with Crippen LogP contribution in [0.3, 0.4) is 0 Å². The Morgan fingerprint density at radius 2 is 1.57 bits per heavy atom. The standard InChI is InChI=1S/C26H30N2O2/c1-28(2)26(17-9-10-18-26)24(19-11-5-4-6-12-19)27-25(29)22-15-16-23(30-3)21-14-8-7-13-20(21)22/h4-8,11-16,24H,9-10,17-18H2,1-3H3,(H,27,29). The van der Waals surface area contributed by atoms with Crippen molar-refractivity contribution in [3.63, 3.8) is 0 Å². The van der Waals surface area contributed by atoms with E-state index in [1.54, 1.807) is 7.11 Å². The fourth-order valence-corrected chi connectivity index (χ4v) is 5.01. The van der Waals surface area contributed by atoms with E-state index in [2.05, 4.69) is 48.6 Å². The van der Waals surface area contributed by atoms with Crippen molar-refractivity contribution in [1.82, 2.24) is 10.2 Å². The third-order valence-corrected chi connectivity index (χ3v) is 6.65. The Hall–Kier alpha value is -2.85. The molecule has 0 radical (unpaired) electrons. The minimum absolute atomic E-state index is 0.0455. The summed E-state index contributed by atoms with van der Waals surface area (Å²) in [5.74, 6) is 0.734. The predicted octanol–water partition coefficient (Wildman–Crippen LogP) is 5.19. The summed E-state index contributed by atoms with van der Waals surface area (Å²) in [6.07, 6.45) is 4.51. The van der Waals surface area contributed by atoms with Crippen molar-refractivity contribution in [2.75, 3.05) is 21.2 Å². The van der Waals surface area contributed by atoms with Crippen LogP contribution in [0, 0.1) is 0 Å². The number of rotatable bonds is 6. The molecule has 4 nitrogen and oxygen atoms in total. The number of fused-ring (bicyclic) bond motifs is 1. The first kappa shape index (κ1) is 20.4. The van der Waals surface area contributed by atoms with E-state index < -0.39 is 0 Å². The van der Waals surface area contributed by atoms with Crippen LogP contribution in [0.15, 0.2) is 66.7 Å². The van der Waals surface area contributed by atoms with Gasteiger partial charge in [0.25, 0.3) is 5.91 Å². The summed E-state index contributed by atoms with van der Waals surface area (Å²) >= 11 is 0. The van der Waals surface area contributed by atoms with Crippen LogP contribution in [0.1, 0.15) is 47.6 Å². The van der Waals surface area contributed by atoms with Crippen LogP contribution >= 0.6 is 0 Å². The van der Waals surface area contributed by atoms with Gasteiger partial charge in [-0.1, -0.05) is 67.4 Å². The Morgan fingerprint density at radius 1 is 0.933 bits per heavy atom. The average molecular weight is 403 g/mol. The van der Waals surface area contributed by atoms with Crippen LogP contribution in [0.5, 0.6) is 5.75 Å².